The number of carbonyl (C=O) groups excluding carboxylic acids is 2. The Morgan fingerprint density at radius 2 is 1.77 bits per heavy atom. The minimum Gasteiger partial charge on any atom is -0.465 e. The molecule has 0 bridgehead atoms. The maximum absolute atomic E-state index is 11.0. The third-order valence-corrected chi connectivity index (χ3v) is 2.01. The van der Waals surface area contributed by atoms with Gasteiger partial charge in [0.2, 0.25) is 0 Å². The zero-order chi connectivity index (χ0) is 10.3. The second kappa shape index (κ2) is 6.77. The molecule has 0 aliphatic heterocycles. The predicted octanol–water partition coefficient (Wildman–Crippen LogP) is 1.83. The van der Waals surface area contributed by atoms with Crippen molar-refractivity contribution in [1.29, 1.82) is 0 Å². The summed E-state index contributed by atoms with van der Waals surface area (Å²) in [5.74, 6) is -0.388. The summed E-state index contributed by atoms with van der Waals surface area (Å²) in [6, 6.07) is 0. The van der Waals surface area contributed by atoms with Crippen LogP contribution in [0.25, 0.3) is 0 Å². The van der Waals surface area contributed by atoms with E-state index in [1.807, 2.05) is 0 Å². The van der Waals surface area contributed by atoms with Crippen LogP contribution in [-0.4, -0.2) is 29.7 Å². The Morgan fingerprint density at radius 1 is 1.23 bits per heavy atom. The molecule has 13 heavy (non-hydrogen) atoms. The second-order valence-corrected chi connectivity index (χ2v) is 3.47. The molecule has 0 saturated heterocycles. The predicted molar refractivity (Wildman–Crippen MR) is 50.7 cm³/mol. The fraction of sp³-hybridized carbons (Fsp3) is 0.750. The highest BCUT2D eigenvalue weighted by Gasteiger charge is 2.19. The molecule has 0 spiro atoms. The zero-order valence-electron chi connectivity index (χ0n) is 8.03. The average Bonchev–Trinajstić information content (AvgIpc) is 2.05. The lowest BCUT2D eigenvalue weighted by Gasteiger charge is -2.08. The van der Waals surface area contributed by atoms with E-state index in [0.29, 0.717) is 13.2 Å². The topological polar surface area (TPSA) is 52.6 Å². The van der Waals surface area contributed by atoms with Crippen LogP contribution in [0.15, 0.2) is 0 Å². The first-order valence-electron chi connectivity index (χ1n) is 4.11. The van der Waals surface area contributed by atoms with Gasteiger partial charge in [0.05, 0.1) is 13.2 Å². The zero-order valence-corrected chi connectivity index (χ0v) is 8.85. The molecule has 76 valence electrons. The quantitative estimate of drug-likeness (QED) is 0.657. The van der Waals surface area contributed by atoms with Gasteiger partial charge < -0.3 is 9.47 Å². The van der Waals surface area contributed by atoms with Crippen LogP contribution in [0.5, 0.6) is 0 Å². The number of carbonyl (C=O) groups is 2. The first-order chi connectivity index (χ1) is 6.11. The van der Waals surface area contributed by atoms with E-state index in [0.717, 1.165) is 11.8 Å². The molecule has 0 fully saturated rings. The SMILES string of the molecule is CCOC(=O)SC(C)C(=O)OCC. The van der Waals surface area contributed by atoms with Crippen molar-refractivity contribution in [1.82, 2.24) is 0 Å². The minimum absolute atomic E-state index is 0.321. The molecule has 0 amide bonds. The third-order valence-electron chi connectivity index (χ3n) is 1.15. The van der Waals surface area contributed by atoms with Crippen LogP contribution in [0.1, 0.15) is 20.8 Å². The van der Waals surface area contributed by atoms with Gasteiger partial charge in [0.15, 0.2) is 0 Å². The van der Waals surface area contributed by atoms with Crippen molar-refractivity contribution in [3.63, 3.8) is 0 Å². The average molecular weight is 206 g/mol. The van der Waals surface area contributed by atoms with E-state index in [9.17, 15) is 9.59 Å². The van der Waals surface area contributed by atoms with Gasteiger partial charge >= 0.3 is 11.3 Å². The van der Waals surface area contributed by atoms with Crippen molar-refractivity contribution in [3.05, 3.63) is 0 Å². The molecule has 5 heteroatoms. The standard InChI is InChI=1S/C8H14O4S/c1-4-11-7(9)6(3)13-8(10)12-5-2/h6H,4-5H2,1-3H3. The Bertz CT molecular complexity index is 181. The van der Waals surface area contributed by atoms with Crippen LogP contribution < -0.4 is 0 Å². The van der Waals surface area contributed by atoms with Crippen LogP contribution in [0.3, 0.4) is 0 Å². The van der Waals surface area contributed by atoms with Gasteiger partial charge in [-0.2, -0.15) is 0 Å². The summed E-state index contributed by atoms with van der Waals surface area (Å²) in [6.07, 6.45) is 0. The lowest BCUT2D eigenvalue weighted by molar-refractivity contribution is -0.142. The summed E-state index contributed by atoms with van der Waals surface area (Å²) in [7, 11) is 0. The summed E-state index contributed by atoms with van der Waals surface area (Å²) in [6.45, 7) is 5.70. The van der Waals surface area contributed by atoms with E-state index < -0.39 is 10.6 Å². The van der Waals surface area contributed by atoms with Gasteiger partial charge in [0.1, 0.15) is 5.25 Å². The number of thioether (sulfide) groups is 1. The van der Waals surface area contributed by atoms with Crippen molar-refractivity contribution in [2.24, 2.45) is 0 Å². The summed E-state index contributed by atoms with van der Waals surface area (Å²) < 4.78 is 9.37. The first kappa shape index (κ1) is 12.3. The highest BCUT2D eigenvalue weighted by atomic mass is 32.2. The van der Waals surface area contributed by atoms with Gasteiger partial charge in [-0.05, 0) is 32.5 Å². The number of hydrogen-bond donors (Lipinski definition) is 0. The number of rotatable bonds is 4. The van der Waals surface area contributed by atoms with Crippen molar-refractivity contribution in [2.45, 2.75) is 26.0 Å². The maximum atomic E-state index is 11.0. The monoisotopic (exact) mass is 206 g/mol. The molecule has 0 rings (SSSR count). The number of esters is 1. The van der Waals surface area contributed by atoms with Crippen LogP contribution in [0.4, 0.5) is 4.79 Å². The van der Waals surface area contributed by atoms with Crippen LogP contribution >= 0.6 is 11.8 Å². The molecule has 0 heterocycles. The van der Waals surface area contributed by atoms with Gasteiger partial charge in [0, 0.05) is 0 Å². The maximum Gasteiger partial charge on any atom is 0.368 e. The van der Waals surface area contributed by atoms with Gasteiger partial charge in [0.25, 0.3) is 0 Å². The Morgan fingerprint density at radius 3 is 2.23 bits per heavy atom. The molecule has 0 aliphatic carbocycles. The molecular formula is C8H14O4S. The largest absolute Gasteiger partial charge is 0.465 e. The van der Waals surface area contributed by atoms with E-state index in [1.165, 1.54) is 0 Å². The van der Waals surface area contributed by atoms with Crippen molar-refractivity contribution >= 4 is 23.0 Å². The van der Waals surface area contributed by atoms with E-state index in [1.54, 1.807) is 20.8 Å². The lowest BCUT2D eigenvalue weighted by Crippen LogP contribution is -2.18. The van der Waals surface area contributed by atoms with Crippen molar-refractivity contribution in [3.8, 4) is 0 Å². The molecule has 1 atom stereocenters. The fourth-order valence-electron chi connectivity index (χ4n) is 0.604. The summed E-state index contributed by atoms with van der Waals surface area (Å²) in [5.41, 5.74) is 0. The number of hydrogen-bond acceptors (Lipinski definition) is 5. The fourth-order valence-corrected chi connectivity index (χ4v) is 1.24. The summed E-state index contributed by atoms with van der Waals surface area (Å²) >= 11 is 0.837. The highest BCUT2D eigenvalue weighted by Crippen LogP contribution is 2.14. The minimum atomic E-state index is -0.501. The van der Waals surface area contributed by atoms with Crippen LogP contribution in [0.2, 0.25) is 0 Å². The molecule has 0 radical (unpaired) electrons. The summed E-state index contributed by atoms with van der Waals surface area (Å²) in [4.78, 5) is 21.9. The second-order valence-electron chi connectivity index (χ2n) is 2.20. The Hall–Kier alpha value is -0.710. The summed E-state index contributed by atoms with van der Waals surface area (Å²) in [5, 5.41) is -0.943. The van der Waals surface area contributed by atoms with Gasteiger partial charge in [-0.1, -0.05) is 0 Å². The molecule has 0 aliphatic rings. The van der Waals surface area contributed by atoms with E-state index in [-0.39, 0.29) is 5.97 Å². The van der Waals surface area contributed by atoms with Crippen molar-refractivity contribution in [2.75, 3.05) is 13.2 Å². The molecule has 0 saturated carbocycles. The Kier molecular flexibility index (Phi) is 6.40. The molecule has 1 unspecified atom stereocenters. The van der Waals surface area contributed by atoms with E-state index in [4.69, 9.17) is 4.74 Å². The lowest BCUT2D eigenvalue weighted by atomic mass is 10.5. The number of ether oxygens (including phenoxy) is 2. The third kappa shape index (κ3) is 5.52. The molecule has 0 aromatic heterocycles. The van der Waals surface area contributed by atoms with Gasteiger partial charge in [-0.3, -0.25) is 4.79 Å². The van der Waals surface area contributed by atoms with Gasteiger partial charge in [-0.15, -0.1) is 0 Å². The Balaban J connectivity index is 3.78. The molecule has 0 aromatic carbocycles. The van der Waals surface area contributed by atoms with E-state index >= 15 is 0 Å². The van der Waals surface area contributed by atoms with Crippen molar-refractivity contribution < 1.29 is 19.1 Å². The van der Waals surface area contributed by atoms with E-state index in [2.05, 4.69) is 4.74 Å². The van der Waals surface area contributed by atoms with Crippen LogP contribution in [-0.2, 0) is 14.3 Å². The molecule has 4 nitrogen and oxygen atoms in total. The highest BCUT2D eigenvalue weighted by molar-refractivity contribution is 8.14. The normalized spacial score (nSPS) is 11.9. The first-order valence-corrected chi connectivity index (χ1v) is 4.99. The molecule has 0 aromatic rings. The Labute approximate surface area is 82.0 Å². The molecular weight excluding hydrogens is 192 g/mol. The van der Waals surface area contributed by atoms with Gasteiger partial charge in [-0.25, -0.2) is 4.79 Å². The molecule has 0 N–H and O–H groups in total. The van der Waals surface area contributed by atoms with Crippen LogP contribution in [0, 0.1) is 0 Å². The smallest absolute Gasteiger partial charge is 0.368 e.